The number of nitrogens with zero attached hydrogens (tertiary/aromatic N) is 1. The van der Waals surface area contributed by atoms with E-state index in [2.05, 4.69) is 30.1 Å². The van der Waals surface area contributed by atoms with Crippen LogP contribution >= 0.6 is 21.7 Å². The first kappa shape index (κ1) is 8.42. The Labute approximate surface area is 81.2 Å². The van der Waals surface area contributed by atoms with Gasteiger partial charge < -0.3 is 0 Å². The zero-order chi connectivity index (χ0) is 8.55. The van der Waals surface area contributed by atoms with Crippen LogP contribution in [0.5, 0.6) is 0 Å². The van der Waals surface area contributed by atoms with Crippen molar-refractivity contribution in [2.75, 3.05) is 7.05 Å². The molecule has 1 nitrogen and oxygen atoms in total. The van der Waals surface area contributed by atoms with Crippen molar-refractivity contribution in [3.05, 3.63) is 29.3 Å². The molecule has 0 spiro atoms. The summed E-state index contributed by atoms with van der Waals surface area (Å²) >= 11 is 0. The molecule has 1 heterocycles. The fourth-order valence-corrected chi connectivity index (χ4v) is 2.18. The molecule has 0 aliphatic carbocycles. The van der Waals surface area contributed by atoms with Gasteiger partial charge >= 0.3 is 0 Å². The highest BCUT2D eigenvalue weighted by molar-refractivity contribution is 8.21. The van der Waals surface area contributed by atoms with Gasteiger partial charge in [-0.25, -0.2) is 0 Å². The number of benzene rings is 1. The molecule has 1 aromatic carbocycles. The zero-order valence-corrected chi connectivity index (χ0v) is 8.45. The van der Waals surface area contributed by atoms with E-state index >= 15 is 0 Å². The van der Waals surface area contributed by atoms with Crippen molar-refractivity contribution in [1.29, 1.82) is 0 Å². The Morgan fingerprint density at radius 2 is 2.08 bits per heavy atom. The van der Waals surface area contributed by atoms with Crippen LogP contribution in [0.25, 0.3) is 0 Å². The largest absolute Gasteiger partial charge is 0.298 e. The summed E-state index contributed by atoms with van der Waals surface area (Å²) in [4.78, 5) is 3.44. The predicted molar refractivity (Wildman–Crippen MR) is 53.3 cm³/mol. The van der Waals surface area contributed by atoms with Crippen LogP contribution in [-0.2, 0) is 13.1 Å². The fourth-order valence-electron chi connectivity index (χ4n) is 1.59. The van der Waals surface area contributed by atoms with Crippen molar-refractivity contribution in [2.45, 2.75) is 18.0 Å². The van der Waals surface area contributed by atoms with Gasteiger partial charge in [0.25, 0.3) is 0 Å². The molecule has 0 aromatic heterocycles. The Kier molecular flexibility index (Phi) is 2.31. The summed E-state index contributed by atoms with van der Waals surface area (Å²) < 4.78 is 0. The average Bonchev–Trinajstić information content (AvgIpc) is 2.43. The molecule has 0 radical (unpaired) electrons. The fraction of sp³-hybridized carbons (Fsp3) is 0.333. The van der Waals surface area contributed by atoms with Gasteiger partial charge in [0.15, 0.2) is 0 Å². The maximum absolute atomic E-state index is 5.67. The third-order valence-electron chi connectivity index (χ3n) is 2.15. The molecule has 0 fully saturated rings. The second-order valence-electron chi connectivity index (χ2n) is 3.18. The number of hydrogen-bond acceptors (Lipinski definition) is 2. The molecule has 0 unspecified atom stereocenters. The van der Waals surface area contributed by atoms with Crippen LogP contribution in [0.2, 0.25) is 0 Å². The molecule has 1 aromatic rings. The molecule has 0 amide bonds. The molecule has 3 heteroatoms. The number of rotatable bonds is 1. The van der Waals surface area contributed by atoms with Crippen molar-refractivity contribution in [2.24, 2.45) is 0 Å². The van der Waals surface area contributed by atoms with E-state index in [0.717, 1.165) is 18.0 Å². The molecule has 0 saturated carbocycles. The molecule has 12 heavy (non-hydrogen) atoms. The van der Waals surface area contributed by atoms with Gasteiger partial charge in [-0.1, -0.05) is 6.07 Å². The summed E-state index contributed by atoms with van der Waals surface area (Å²) in [7, 11) is 9.09. The Bertz CT molecular complexity index is 301. The minimum Gasteiger partial charge on any atom is -0.298 e. The lowest BCUT2D eigenvalue weighted by Crippen LogP contribution is -2.07. The van der Waals surface area contributed by atoms with Crippen LogP contribution < -0.4 is 0 Å². The van der Waals surface area contributed by atoms with Crippen molar-refractivity contribution in [1.82, 2.24) is 4.90 Å². The Morgan fingerprint density at radius 3 is 2.83 bits per heavy atom. The summed E-state index contributed by atoms with van der Waals surface area (Å²) in [6.45, 7) is 2.13. The summed E-state index contributed by atoms with van der Waals surface area (Å²) in [5.41, 5.74) is 2.86. The van der Waals surface area contributed by atoms with Gasteiger partial charge in [0, 0.05) is 18.0 Å². The Morgan fingerprint density at radius 1 is 1.33 bits per heavy atom. The third-order valence-corrected chi connectivity index (χ3v) is 3.11. The van der Waals surface area contributed by atoms with Crippen LogP contribution in [0.1, 0.15) is 11.1 Å². The third kappa shape index (κ3) is 1.47. The van der Waals surface area contributed by atoms with Crippen molar-refractivity contribution in [3.63, 3.8) is 0 Å². The van der Waals surface area contributed by atoms with Gasteiger partial charge in [0.2, 0.25) is 0 Å². The lowest BCUT2D eigenvalue weighted by molar-refractivity contribution is 0.353. The first-order valence-corrected chi connectivity index (χ1v) is 5.53. The number of halogens is 1. The summed E-state index contributed by atoms with van der Waals surface area (Å²) in [5.74, 6) is 0. The van der Waals surface area contributed by atoms with Crippen LogP contribution in [0.3, 0.4) is 0 Å². The highest BCUT2D eigenvalue weighted by Gasteiger charge is 2.14. The van der Waals surface area contributed by atoms with Crippen molar-refractivity contribution >= 4 is 21.7 Å². The van der Waals surface area contributed by atoms with Crippen LogP contribution in [0, 0.1) is 0 Å². The van der Waals surface area contributed by atoms with Crippen molar-refractivity contribution in [3.8, 4) is 0 Å². The zero-order valence-electron chi connectivity index (χ0n) is 6.88. The van der Waals surface area contributed by atoms with E-state index in [4.69, 9.17) is 10.7 Å². The highest BCUT2D eigenvalue weighted by atomic mass is 35.7. The van der Waals surface area contributed by atoms with E-state index in [1.807, 2.05) is 0 Å². The topological polar surface area (TPSA) is 3.24 Å². The lowest BCUT2D eigenvalue weighted by atomic mass is 10.1. The van der Waals surface area contributed by atoms with E-state index in [1.54, 1.807) is 0 Å². The molecule has 0 bridgehead atoms. The Balaban J connectivity index is 2.35. The van der Waals surface area contributed by atoms with Crippen molar-refractivity contribution < 1.29 is 0 Å². The van der Waals surface area contributed by atoms with Gasteiger partial charge in [-0.3, -0.25) is 4.90 Å². The second kappa shape index (κ2) is 3.29. The van der Waals surface area contributed by atoms with E-state index in [9.17, 15) is 0 Å². The predicted octanol–water partition coefficient (Wildman–Crippen LogP) is 2.88. The van der Waals surface area contributed by atoms with Crippen LogP contribution in [0.15, 0.2) is 23.1 Å². The van der Waals surface area contributed by atoms with E-state index in [-0.39, 0.29) is 0 Å². The standard InChI is InChI=1S/C9H10ClNS/c1-11-5-7-2-3-9(12-10)4-8(7)6-11/h2-4H,5-6H2,1H3. The van der Waals surface area contributed by atoms with Gasteiger partial charge in [0.1, 0.15) is 0 Å². The van der Waals surface area contributed by atoms with Crippen LogP contribution in [0.4, 0.5) is 0 Å². The average molecular weight is 200 g/mol. The quantitative estimate of drug-likeness (QED) is 0.685. The molecule has 2 rings (SSSR count). The lowest BCUT2D eigenvalue weighted by Gasteiger charge is -2.02. The van der Waals surface area contributed by atoms with E-state index < -0.39 is 0 Å². The number of fused-ring (bicyclic) bond motifs is 1. The SMILES string of the molecule is CN1Cc2ccc(SCl)cc2C1. The van der Waals surface area contributed by atoms with Gasteiger partial charge in [-0.05, 0) is 52.0 Å². The van der Waals surface area contributed by atoms with E-state index in [1.165, 1.54) is 22.1 Å². The highest BCUT2D eigenvalue weighted by Crippen LogP contribution is 2.28. The molecule has 0 saturated heterocycles. The maximum atomic E-state index is 5.67. The second-order valence-corrected chi connectivity index (χ2v) is 4.27. The number of hydrogen-bond donors (Lipinski definition) is 0. The minimum atomic E-state index is 1.06. The first-order chi connectivity index (χ1) is 5.79. The monoisotopic (exact) mass is 199 g/mol. The first-order valence-electron chi connectivity index (χ1n) is 3.88. The van der Waals surface area contributed by atoms with Crippen LogP contribution in [-0.4, -0.2) is 11.9 Å². The molecule has 64 valence electrons. The summed E-state index contributed by atoms with van der Waals surface area (Å²) in [6.07, 6.45) is 0. The maximum Gasteiger partial charge on any atom is 0.0237 e. The molecule has 0 N–H and O–H groups in total. The van der Waals surface area contributed by atoms with Gasteiger partial charge in [-0.15, -0.1) is 0 Å². The minimum absolute atomic E-state index is 1.06. The normalized spacial score (nSPS) is 16.5. The molecule has 1 aliphatic heterocycles. The van der Waals surface area contributed by atoms with Gasteiger partial charge in [0.05, 0.1) is 0 Å². The van der Waals surface area contributed by atoms with Gasteiger partial charge in [-0.2, -0.15) is 0 Å². The molecular formula is C9H10ClNS. The molecular weight excluding hydrogens is 190 g/mol. The molecule has 1 aliphatic rings. The Hall–Kier alpha value is -0.180. The molecule has 0 atom stereocenters. The summed E-state index contributed by atoms with van der Waals surface area (Å²) in [5, 5.41) is 0. The van der Waals surface area contributed by atoms with E-state index in [0.29, 0.717) is 0 Å². The smallest absolute Gasteiger partial charge is 0.0237 e. The summed E-state index contributed by atoms with van der Waals surface area (Å²) in [6, 6.07) is 6.43.